The van der Waals surface area contributed by atoms with E-state index in [-0.39, 0.29) is 11.9 Å². The maximum absolute atomic E-state index is 11.8. The lowest BCUT2D eigenvalue weighted by molar-refractivity contribution is -0.146. The van der Waals surface area contributed by atoms with Gasteiger partial charge in [-0.05, 0) is 37.4 Å². The van der Waals surface area contributed by atoms with Crippen molar-refractivity contribution in [3.05, 3.63) is 35.4 Å². The number of guanidine groups is 1. The number of piperidine rings is 1. The molecule has 2 aliphatic rings. The lowest BCUT2D eigenvalue weighted by Gasteiger charge is -2.34. The van der Waals surface area contributed by atoms with Gasteiger partial charge in [0, 0.05) is 52.4 Å². The molecule has 0 spiro atoms. The molecule has 0 amide bonds. The number of ether oxygens (including phenoxy) is 1. The molecule has 2 heterocycles. The third kappa shape index (κ3) is 6.68. The van der Waals surface area contributed by atoms with Crippen LogP contribution in [0, 0.1) is 5.92 Å². The second-order valence-corrected chi connectivity index (χ2v) is 8.43. The van der Waals surface area contributed by atoms with E-state index in [1.54, 1.807) is 0 Å². The highest BCUT2D eigenvalue weighted by atomic mass is 16.5. The Hall–Kier alpha value is -2.12. The van der Waals surface area contributed by atoms with Gasteiger partial charge >= 0.3 is 5.97 Å². The molecule has 1 aromatic carbocycles. The van der Waals surface area contributed by atoms with E-state index >= 15 is 0 Å². The van der Waals surface area contributed by atoms with Gasteiger partial charge in [-0.1, -0.05) is 31.2 Å². The fourth-order valence-electron chi connectivity index (χ4n) is 4.45. The van der Waals surface area contributed by atoms with Crippen molar-refractivity contribution in [1.29, 1.82) is 0 Å². The van der Waals surface area contributed by atoms with Gasteiger partial charge in [0.05, 0.1) is 19.6 Å². The Morgan fingerprint density at radius 3 is 2.29 bits per heavy atom. The molecule has 1 aromatic rings. The lowest BCUT2D eigenvalue weighted by Crippen LogP contribution is -2.46. The van der Waals surface area contributed by atoms with Gasteiger partial charge in [0.25, 0.3) is 0 Å². The second-order valence-electron chi connectivity index (χ2n) is 8.43. The largest absolute Gasteiger partial charge is 0.469 e. The average molecular weight is 430 g/mol. The van der Waals surface area contributed by atoms with Crippen molar-refractivity contribution in [2.75, 3.05) is 59.5 Å². The van der Waals surface area contributed by atoms with Gasteiger partial charge in [-0.25, -0.2) is 4.99 Å². The summed E-state index contributed by atoms with van der Waals surface area (Å²) >= 11 is 0. The number of rotatable bonds is 7. The highest BCUT2D eigenvalue weighted by Crippen LogP contribution is 2.19. The van der Waals surface area contributed by atoms with E-state index in [9.17, 15) is 4.79 Å². The molecule has 1 N–H and O–H groups in total. The first-order chi connectivity index (χ1) is 15.1. The number of esters is 1. The monoisotopic (exact) mass is 429 g/mol. The van der Waals surface area contributed by atoms with Crippen LogP contribution in [0.4, 0.5) is 0 Å². The fraction of sp³-hybridized carbons (Fsp3) is 0.667. The van der Waals surface area contributed by atoms with E-state index in [0.717, 1.165) is 77.7 Å². The molecular weight excluding hydrogens is 390 g/mol. The van der Waals surface area contributed by atoms with E-state index in [4.69, 9.17) is 9.73 Å². The van der Waals surface area contributed by atoms with Gasteiger partial charge < -0.3 is 19.9 Å². The highest BCUT2D eigenvalue weighted by Gasteiger charge is 2.27. The van der Waals surface area contributed by atoms with Crippen molar-refractivity contribution in [1.82, 2.24) is 20.0 Å². The van der Waals surface area contributed by atoms with Gasteiger partial charge in [-0.15, -0.1) is 0 Å². The first-order valence-electron chi connectivity index (χ1n) is 11.8. The normalized spacial score (nSPS) is 19.5. The smallest absolute Gasteiger partial charge is 0.308 e. The van der Waals surface area contributed by atoms with Gasteiger partial charge in [0.2, 0.25) is 0 Å². The number of carbonyl (C=O) groups excluding carboxylic acids is 1. The SMILES string of the molecule is CCNC(=NCc1ccccc1CN1CCN(CC)CC1)N1CCC(C(=O)OC)CC1. The standard InChI is InChI=1S/C24H39N5O2/c1-4-25-24(29-12-10-20(11-13-29)23(30)31-3)26-18-21-8-6-7-9-22(21)19-28-16-14-27(5-2)15-17-28/h6-9,20H,4-5,10-19H2,1-3H3,(H,25,26). The van der Waals surface area contributed by atoms with E-state index in [0.29, 0.717) is 6.54 Å². The number of hydrogen-bond donors (Lipinski definition) is 1. The Bertz CT molecular complexity index is 722. The van der Waals surface area contributed by atoms with Crippen LogP contribution < -0.4 is 5.32 Å². The van der Waals surface area contributed by atoms with E-state index in [2.05, 4.69) is 58.1 Å². The summed E-state index contributed by atoms with van der Waals surface area (Å²) in [6.07, 6.45) is 1.63. The Labute approximate surface area is 187 Å². The topological polar surface area (TPSA) is 60.4 Å². The first-order valence-corrected chi connectivity index (χ1v) is 11.8. The molecule has 0 aromatic heterocycles. The molecular formula is C24H39N5O2. The summed E-state index contributed by atoms with van der Waals surface area (Å²) < 4.78 is 4.92. The molecule has 0 radical (unpaired) electrons. The number of nitrogens with zero attached hydrogens (tertiary/aromatic N) is 4. The Morgan fingerprint density at radius 2 is 1.68 bits per heavy atom. The number of hydrogen-bond acceptors (Lipinski definition) is 5. The lowest BCUT2D eigenvalue weighted by atomic mass is 9.97. The molecule has 0 bridgehead atoms. The minimum Gasteiger partial charge on any atom is -0.469 e. The summed E-state index contributed by atoms with van der Waals surface area (Å²) in [5.74, 6) is 0.866. The van der Waals surface area contributed by atoms with Crippen LogP contribution in [0.2, 0.25) is 0 Å². The predicted octanol–water partition coefficient (Wildman–Crippen LogP) is 2.17. The number of benzene rings is 1. The third-order valence-electron chi connectivity index (χ3n) is 6.49. The minimum atomic E-state index is -0.0877. The zero-order valence-corrected chi connectivity index (χ0v) is 19.5. The van der Waals surface area contributed by atoms with Gasteiger partial charge in [0.1, 0.15) is 0 Å². The fourth-order valence-corrected chi connectivity index (χ4v) is 4.45. The van der Waals surface area contributed by atoms with Crippen LogP contribution in [0.15, 0.2) is 29.3 Å². The predicted molar refractivity (Wildman–Crippen MR) is 125 cm³/mol. The summed E-state index contributed by atoms with van der Waals surface area (Å²) in [5, 5.41) is 3.44. The van der Waals surface area contributed by atoms with Gasteiger partial charge in [0.15, 0.2) is 5.96 Å². The summed E-state index contributed by atoms with van der Waals surface area (Å²) in [6.45, 7) is 14.2. The number of likely N-dealkylation sites (N-methyl/N-ethyl adjacent to an activating group) is 1. The summed E-state index contributed by atoms with van der Waals surface area (Å²) in [7, 11) is 1.47. The van der Waals surface area contributed by atoms with Crippen LogP contribution in [0.1, 0.15) is 37.8 Å². The molecule has 2 saturated heterocycles. The second kappa shape index (κ2) is 12.1. The Morgan fingerprint density at radius 1 is 1.03 bits per heavy atom. The van der Waals surface area contributed by atoms with Crippen molar-refractivity contribution >= 4 is 11.9 Å². The van der Waals surface area contributed by atoms with Crippen LogP contribution in [0.3, 0.4) is 0 Å². The van der Waals surface area contributed by atoms with E-state index in [1.165, 1.54) is 18.2 Å². The highest BCUT2D eigenvalue weighted by molar-refractivity contribution is 5.80. The molecule has 2 aliphatic heterocycles. The van der Waals surface area contributed by atoms with Crippen LogP contribution in [-0.4, -0.2) is 86.1 Å². The van der Waals surface area contributed by atoms with Crippen molar-refractivity contribution in [3.8, 4) is 0 Å². The Balaban J connectivity index is 1.62. The maximum Gasteiger partial charge on any atom is 0.308 e. The minimum absolute atomic E-state index is 0.0121. The van der Waals surface area contributed by atoms with Crippen molar-refractivity contribution < 1.29 is 9.53 Å². The maximum atomic E-state index is 11.8. The van der Waals surface area contributed by atoms with Crippen LogP contribution in [0.5, 0.6) is 0 Å². The Kier molecular flexibility index (Phi) is 9.15. The van der Waals surface area contributed by atoms with Crippen molar-refractivity contribution in [2.45, 2.75) is 39.8 Å². The van der Waals surface area contributed by atoms with E-state index in [1.807, 2.05) is 0 Å². The summed E-state index contributed by atoms with van der Waals surface area (Å²) in [6, 6.07) is 8.69. The molecule has 0 atom stereocenters. The molecule has 7 nitrogen and oxygen atoms in total. The van der Waals surface area contributed by atoms with Gasteiger partial charge in [-0.3, -0.25) is 9.69 Å². The number of carbonyl (C=O) groups is 1. The van der Waals surface area contributed by atoms with Crippen molar-refractivity contribution in [2.24, 2.45) is 10.9 Å². The molecule has 172 valence electrons. The number of methoxy groups -OCH3 is 1. The molecule has 0 aliphatic carbocycles. The number of likely N-dealkylation sites (tertiary alicyclic amines) is 1. The van der Waals surface area contributed by atoms with Crippen LogP contribution in [-0.2, 0) is 22.6 Å². The summed E-state index contributed by atoms with van der Waals surface area (Å²) in [4.78, 5) is 24.1. The third-order valence-corrected chi connectivity index (χ3v) is 6.49. The average Bonchev–Trinajstić information content (AvgIpc) is 2.82. The molecule has 7 heteroatoms. The molecule has 0 unspecified atom stereocenters. The molecule has 2 fully saturated rings. The molecule has 31 heavy (non-hydrogen) atoms. The van der Waals surface area contributed by atoms with Gasteiger partial charge in [-0.2, -0.15) is 0 Å². The summed E-state index contributed by atoms with van der Waals surface area (Å²) in [5.41, 5.74) is 2.66. The zero-order valence-electron chi connectivity index (χ0n) is 19.5. The number of aliphatic imine (C=N–C) groups is 1. The zero-order chi connectivity index (χ0) is 22.1. The van der Waals surface area contributed by atoms with Crippen LogP contribution in [0.25, 0.3) is 0 Å². The van der Waals surface area contributed by atoms with E-state index < -0.39 is 0 Å². The quantitative estimate of drug-likeness (QED) is 0.407. The van der Waals surface area contributed by atoms with Crippen molar-refractivity contribution in [3.63, 3.8) is 0 Å². The number of piperazine rings is 1. The number of nitrogens with one attached hydrogen (secondary N) is 1. The first kappa shape index (κ1) is 23.5. The molecule has 0 saturated carbocycles. The van der Waals surface area contributed by atoms with Crippen LogP contribution >= 0.6 is 0 Å². The molecule has 3 rings (SSSR count).